The van der Waals surface area contributed by atoms with E-state index in [4.69, 9.17) is 5.73 Å². The number of pyridine rings is 1. The fourth-order valence-corrected chi connectivity index (χ4v) is 4.19. The van der Waals surface area contributed by atoms with Crippen LogP contribution in [0.3, 0.4) is 0 Å². The van der Waals surface area contributed by atoms with E-state index in [2.05, 4.69) is 14.7 Å². The summed E-state index contributed by atoms with van der Waals surface area (Å²) < 4.78 is 29.1. The number of nitrogens with one attached hydrogen (secondary N) is 1. The number of aromatic nitrogens is 3. The second kappa shape index (κ2) is 5.10. The number of nitrogens with two attached hydrogens (primary N) is 1. The van der Waals surface area contributed by atoms with Crippen molar-refractivity contribution < 1.29 is 8.42 Å². The molecule has 0 aliphatic rings. The van der Waals surface area contributed by atoms with Crippen molar-refractivity contribution in [2.75, 3.05) is 5.73 Å². The molecule has 9 heteroatoms. The zero-order valence-corrected chi connectivity index (χ0v) is 12.7. The van der Waals surface area contributed by atoms with Crippen molar-refractivity contribution in [3.8, 4) is 0 Å². The number of nitrogens with zero attached hydrogens (tertiary/aromatic N) is 3. The predicted octanol–water partition coefficient (Wildman–Crippen LogP) is 1.41. The fraction of sp³-hybridized carbons (Fsp3) is 0.167. The summed E-state index contributed by atoms with van der Waals surface area (Å²) in [7, 11) is -3.81. The molecule has 0 saturated heterocycles. The number of sulfonamides is 1. The highest BCUT2D eigenvalue weighted by atomic mass is 32.2. The van der Waals surface area contributed by atoms with Crippen LogP contribution in [-0.2, 0) is 10.0 Å². The number of rotatable bonds is 4. The second-order valence-electron chi connectivity index (χ2n) is 4.44. The molecule has 0 amide bonds. The molecule has 1 atom stereocenters. The second-order valence-corrected chi connectivity index (χ2v) is 7.00. The van der Waals surface area contributed by atoms with Crippen molar-refractivity contribution in [2.45, 2.75) is 18.0 Å². The molecule has 3 aromatic heterocycles. The lowest BCUT2D eigenvalue weighted by molar-refractivity contribution is 0.562. The molecule has 1 unspecified atom stereocenters. The van der Waals surface area contributed by atoms with Crippen LogP contribution in [0.4, 0.5) is 5.82 Å². The fourth-order valence-electron chi connectivity index (χ4n) is 2.05. The standard InChI is InChI=1S/C12H13N5O2S2/c1-8(11-14-5-7-20-11)16-21(18,19)12-10(13)15-9-4-2-3-6-17(9)12/h2-8,16H,13H2,1H3. The van der Waals surface area contributed by atoms with Crippen LogP contribution in [0, 0.1) is 0 Å². The summed E-state index contributed by atoms with van der Waals surface area (Å²) in [5.41, 5.74) is 6.25. The number of nitrogen functional groups attached to an aromatic ring is 1. The average Bonchev–Trinajstić information content (AvgIpc) is 3.04. The van der Waals surface area contributed by atoms with E-state index in [0.717, 1.165) is 0 Å². The number of imidazole rings is 1. The van der Waals surface area contributed by atoms with E-state index in [1.165, 1.54) is 15.7 Å². The van der Waals surface area contributed by atoms with Gasteiger partial charge in [-0.15, -0.1) is 11.3 Å². The molecule has 3 rings (SSSR count). The maximum Gasteiger partial charge on any atom is 0.261 e. The van der Waals surface area contributed by atoms with E-state index in [9.17, 15) is 8.42 Å². The first-order chi connectivity index (χ1) is 9.99. The summed E-state index contributed by atoms with van der Waals surface area (Å²) in [5, 5.41) is 2.43. The first-order valence-electron chi connectivity index (χ1n) is 6.13. The Bertz CT molecular complexity index is 870. The molecule has 0 bridgehead atoms. The Hall–Kier alpha value is -1.97. The van der Waals surface area contributed by atoms with Crippen LogP contribution >= 0.6 is 11.3 Å². The van der Waals surface area contributed by atoms with Crippen LogP contribution in [0.1, 0.15) is 18.0 Å². The smallest absolute Gasteiger partial charge is 0.261 e. The van der Waals surface area contributed by atoms with E-state index in [1.54, 1.807) is 42.9 Å². The lowest BCUT2D eigenvalue weighted by Crippen LogP contribution is -2.28. The molecule has 0 spiro atoms. The van der Waals surface area contributed by atoms with Gasteiger partial charge in [-0.2, -0.15) is 0 Å². The van der Waals surface area contributed by atoms with Crippen molar-refractivity contribution >= 4 is 32.8 Å². The molecule has 0 aliphatic heterocycles. The average molecular weight is 323 g/mol. The quantitative estimate of drug-likeness (QED) is 0.756. The van der Waals surface area contributed by atoms with Crippen molar-refractivity contribution in [1.29, 1.82) is 0 Å². The Morgan fingerprint density at radius 1 is 1.43 bits per heavy atom. The van der Waals surface area contributed by atoms with Crippen LogP contribution < -0.4 is 10.5 Å². The van der Waals surface area contributed by atoms with Gasteiger partial charge in [0.25, 0.3) is 10.0 Å². The minimum absolute atomic E-state index is 0.0277. The zero-order valence-electron chi connectivity index (χ0n) is 11.1. The molecule has 21 heavy (non-hydrogen) atoms. The van der Waals surface area contributed by atoms with Gasteiger partial charge in [-0.25, -0.2) is 23.1 Å². The summed E-state index contributed by atoms with van der Waals surface area (Å²) in [6, 6.07) is 4.74. The van der Waals surface area contributed by atoms with Crippen LogP contribution in [0.25, 0.3) is 5.65 Å². The molecule has 0 fully saturated rings. The van der Waals surface area contributed by atoms with Gasteiger partial charge in [0.2, 0.25) is 0 Å². The SMILES string of the molecule is CC(NS(=O)(=O)c1c(N)nc2ccccn12)c1nccs1. The van der Waals surface area contributed by atoms with Gasteiger partial charge in [-0.05, 0) is 19.1 Å². The monoisotopic (exact) mass is 323 g/mol. The number of hydrogen-bond donors (Lipinski definition) is 2. The molecule has 0 radical (unpaired) electrons. The van der Waals surface area contributed by atoms with Crippen molar-refractivity contribution in [2.24, 2.45) is 0 Å². The number of fused-ring (bicyclic) bond motifs is 1. The lowest BCUT2D eigenvalue weighted by atomic mass is 10.4. The Balaban J connectivity index is 2.03. The highest BCUT2D eigenvalue weighted by Crippen LogP contribution is 2.23. The third kappa shape index (κ3) is 2.50. The summed E-state index contributed by atoms with van der Waals surface area (Å²) in [4.78, 5) is 8.16. The summed E-state index contributed by atoms with van der Waals surface area (Å²) in [6.07, 6.45) is 3.24. The minimum atomic E-state index is -3.81. The van der Waals surface area contributed by atoms with Crippen molar-refractivity contribution in [1.82, 2.24) is 19.1 Å². The molecular formula is C12H13N5O2S2. The van der Waals surface area contributed by atoms with E-state index in [-0.39, 0.29) is 10.8 Å². The largest absolute Gasteiger partial charge is 0.381 e. The summed E-state index contributed by atoms with van der Waals surface area (Å²) in [6.45, 7) is 1.73. The van der Waals surface area contributed by atoms with E-state index < -0.39 is 16.1 Å². The molecule has 3 aromatic rings. The molecule has 0 aliphatic carbocycles. The first kappa shape index (κ1) is 14.0. The molecular weight excluding hydrogens is 310 g/mol. The third-order valence-corrected chi connectivity index (χ3v) is 5.46. The van der Waals surface area contributed by atoms with Gasteiger partial charge in [0.15, 0.2) is 10.8 Å². The first-order valence-corrected chi connectivity index (χ1v) is 8.49. The molecule has 7 nitrogen and oxygen atoms in total. The van der Waals surface area contributed by atoms with E-state index >= 15 is 0 Å². The third-order valence-electron chi connectivity index (χ3n) is 2.92. The lowest BCUT2D eigenvalue weighted by Gasteiger charge is -2.12. The van der Waals surface area contributed by atoms with Gasteiger partial charge in [0.1, 0.15) is 10.7 Å². The van der Waals surface area contributed by atoms with Gasteiger partial charge in [0, 0.05) is 17.8 Å². The molecule has 3 N–H and O–H groups in total. The van der Waals surface area contributed by atoms with Gasteiger partial charge in [0.05, 0.1) is 6.04 Å². The van der Waals surface area contributed by atoms with Crippen LogP contribution in [-0.4, -0.2) is 22.8 Å². The predicted molar refractivity (Wildman–Crippen MR) is 80.5 cm³/mol. The Labute approximate surface area is 125 Å². The van der Waals surface area contributed by atoms with E-state index in [0.29, 0.717) is 10.7 Å². The van der Waals surface area contributed by atoms with E-state index in [1.807, 2.05) is 0 Å². The number of thiazole rings is 1. The van der Waals surface area contributed by atoms with Gasteiger partial charge in [-0.3, -0.25) is 4.40 Å². The zero-order chi connectivity index (χ0) is 15.0. The molecule has 3 heterocycles. The highest BCUT2D eigenvalue weighted by Gasteiger charge is 2.26. The van der Waals surface area contributed by atoms with Crippen LogP contribution in [0.15, 0.2) is 41.0 Å². The maximum atomic E-state index is 12.6. The normalized spacial score (nSPS) is 13.6. The summed E-state index contributed by atoms with van der Waals surface area (Å²) >= 11 is 1.39. The highest BCUT2D eigenvalue weighted by molar-refractivity contribution is 7.89. The Kier molecular flexibility index (Phi) is 3.40. The number of anilines is 1. The molecule has 110 valence electrons. The minimum Gasteiger partial charge on any atom is -0.381 e. The van der Waals surface area contributed by atoms with Crippen LogP contribution in [0.5, 0.6) is 0 Å². The van der Waals surface area contributed by atoms with Gasteiger partial charge >= 0.3 is 0 Å². The topological polar surface area (TPSA) is 102 Å². The van der Waals surface area contributed by atoms with Crippen LogP contribution in [0.2, 0.25) is 0 Å². The van der Waals surface area contributed by atoms with Gasteiger partial charge in [-0.1, -0.05) is 6.07 Å². The van der Waals surface area contributed by atoms with Crippen molar-refractivity contribution in [3.05, 3.63) is 41.0 Å². The van der Waals surface area contributed by atoms with Crippen molar-refractivity contribution in [3.63, 3.8) is 0 Å². The molecule has 0 aromatic carbocycles. The molecule has 0 saturated carbocycles. The van der Waals surface area contributed by atoms with Gasteiger partial charge < -0.3 is 5.73 Å². The number of hydrogen-bond acceptors (Lipinski definition) is 6. The summed E-state index contributed by atoms with van der Waals surface area (Å²) in [5.74, 6) is -0.0277. The Morgan fingerprint density at radius 3 is 2.95 bits per heavy atom. The Morgan fingerprint density at radius 2 is 2.24 bits per heavy atom. The maximum absolute atomic E-state index is 12.6.